The van der Waals surface area contributed by atoms with Gasteiger partial charge in [0.1, 0.15) is 5.52 Å². The molecular weight excluding hydrogens is 447 g/mol. The number of carbonyl (C=O) groups excluding carboxylic acids is 1. The van der Waals surface area contributed by atoms with Gasteiger partial charge in [0.05, 0.1) is 27.9 Å². The second-order valence-corrected chi connectivity index (χ2v) is 7.83. The van der Waals surface area contributed by atoms with Gasteiger partial charge in [-0.1, -0.05) is 40.9 Å². The number of hydrogen-bond donors (Lipinski definition) is 1. The maximum atomic E-state index is 12.7. The third-order valence-electron chi connectivity index (χ3n) is 4.47. The number of benzene rings is 3. The first-order chi connectivity index (χ1) is 14.4. The highest BCUT2D eigenvalue weighted by Gasteiger charge is 2.16. The quantitative estimate of drug-likeness (QED) is 0.354. The zero-order valence-electron chi connectivity index (χ0n) is 15.9. The van der Waals surface area contributed by atoms with Gasteiger partial charge < -0.3 is 14.5 Å². The molecular formula is C22H15Cl3N2O3. The predicted molar refractivity (Wildman–Crippen MR) is 120 cm³/mol. The number of fused-ring (bicyclic) bond motifs is 1. The summed E-state index contributed by atoms with van der Waals surface area (Å²) in [5, 5.41) is 3.60. The van der Waals surface area contributed by atoms with Gasteiger partial charge in [-0.05, 0) is 55.0 Å². The Balaban J connectivity index is 1.65. The summed E-state index contributed by atoms with van der Waals surface area (Å²) in [4.78, 5) is 17.2. The summed E-state index contributed by atoms with van der Waals surface area (Å²) in [6.45, 7) is 1.98. The van der Waals surface area contributed by atoms with Gasteiger partial charge in [0, 0.05) is 11.1 Å². The molecule has 30 heavy (non-hydrogen) atoms. The molecule has 8 heteroatoms. The Morgan fingerprint density at radius 2 is 1.73 bits per heavy atom. The number of methoxy groups -OCH3 is 1. The van der Waals surface area contributed by atoms with E-state index in [1.165, 1.54) is 19.2 Å². The zero-order chi connectivity index (χ0) is 21.4. The number of amides is 1. The normalized spacial score (nSPS) is 11.0. The fourth-order valence-electron chi connectivity index (χ4n) is 2.99. The molecule has 4 aromatic rings. The Hall–Kier alpha value is -2.73. The van der Waals surface area contributed by atoms with E-state index >= 15 is 0 Å². The highest BCUT2D eigenvalue weighted by molar-refractivity contribution is 6.38. The van der Waals surface area contributed by atoms with Gasteiger partial charge in [-0.3, -0.25) is 4.79 Å². The minimum absolute atomic E-state index is 0.233. The molecule has 0 atom stereocenters. The Kier molecular flexibility index (Phi) is 5.60. The van der Waals surface area contributed by atoms with Crippen molar-refractivity contribution in [1.82, 2.24) is 4.98 Å². The molecule has 1 aromatic heterocycles. The number of aromatic nitrogens is 1. The van der Waals surface area contributed by atoms with Crippen LogP contribution in [0.5, 0.6) is 5.75 Å². The number of ether oxygens (including phenoxy) is 1. The van der Waals surface area contributed by atoms with E-state index in [4.69, 9.17) is 44.0 Å². The van der Waals surface area contributed by atoms with E-state index in [0.717, 1.165) is 11.1 Å². The number of rotatable bonds is 4. The number of anilines is 1. The van der Waals surface area contributed by atoms with E-state index in [9.17, 15) is 4.79 Å². The van der Waals surface area contributed by atoms with Crippen LogP contribution >= 0.6 is 34.8 Å². The standard InChI is InChI=1S/C22H15Cl3N2O3/c1-11-3-6-17-19(7-11)30-22(27-17)12-4-5-14(23)18(10-12)26-21(28)13-8-15(24)20(29-2)16(25)9-13/h3-10H,1-2H3,(H,26,28). The van der Waals surface area contributed by atoms with Crippen LogP contribution in [-0.2, 0) is 0 Å². The fraction of sp³-hybridized carbons (Fsp3) is 0.0909. The first kappa shape index (κ1) is 20.5. The monoisotopic (exact) mass is 460 g/mol. The van der Waals surface area contributed by atoms with Crippen LogP contribution in [-0.4, -0.2) is 18.0 Å². The van der Waals surface area contributed by atoms with Crippen molar-refractivity contribution in [3.8, 4) is 17.2 Å². The number of oxazole rings is 1. The molecule has 0 aliphatic heterocycles. The Labute approximate surface area is 187 Å². The molecule has 3 aromatic carbocycles. The first-order valence-electron chi connectivity index (χ1n) is 8.87. The fourth-order valence-corrected chi connectivity index (χ4v) is 3.80. The molecule has 0 aliphatic rings. The van der Waals surface area contributed by atoms with Gasteiger partial charge in [-0.15, -0.1) is 0 Å². The van der Waals surface area contributed by atoms with Crippen molar-refractivity contribution < 1.29 is 13.9 Å². The maximum Gasteiger partial charge on any atom is 0.255 e. The van der Waals surface area contributed by atoms with Gasteiger partial charge in [0.2, 0.25) is 5.89 Å². The molecule has 1 heterocycles. The van der Waals surface area contributed by atoms with E-state index in [-0.39, 0.29) is 15.6 Å². The summed E-state index contributed by atoms with van der Waals surface area (Å²) in [6.07, 6.45) is 0. The lowest BCUT2D eigenvalue weighted by Gasteiger charge is -2.11. The lowest BCUT2D eigenvalue weighted by Crippen LogP contribution is -2.12. The predicted octanol–water partition coefficient (Wildman–Crippen LogP) is 7.02. The number of carbonyl (C=O) groups is 1. The second-order valence-electron chi connectivity index (χ2n) is 6.61. The van der Waals surface area contributed by atoms with Gasteiger partial charge in [-0.2, -0.15) is 0 Å². The highest BCUT2D eigenvalue weighted by Crippen LogP contribution is 2.35. The summed E-state index contributed by atoms with van der Waals surface area (Å²) in [5.74, 6) is 0.313. The molecule has 0 unspecified atom stereocenters. The summed E-state index contributed by atoms with van der Waals surface area (Å²) >= 11 is 18.6. The molecule has 0 fully saturated rings. The maximum absolute atomic E-state index is 12.7. The van der Waals surface area contributed by atoms with E-state index in [1.807, 2.05) is 25.1 Å². The van der Waals surface area contributed by atoms with Gasteiger partial charge in [-0.25, -0.2) is 4.98 Å². The molecule has 1 N–H and O–H groups in total. The summed E-state index contributed by atoms with van der Waals surface area (Å²) in [5.41, 5.74) is 3.86. The SMILES string of the molecule is COc1c(Cl)cc(C(=O)Nc2cc(-c3nc4ccc(C)cc4o3)ccc2Cl)cc1Cl. The van der Waals surface area contributed by atoms with Crippen LogP contribution < -0.4 is 10.1 Å². The number of nitrogens with zero attached hydrogens (tertiary/aromatic N) is 1. The first-order valence-corrected chi connectivity index (χ1v) is 10.0. The van der Waals surface area contributed by atoms with E-state index in [0.29, 0.717) is 33.5 Å². The number of aryl methyl sites for hydroxylation is 1. The highest BCUT2D eigenvalue weighted by atomic mass is 35.5. The van der Waals surface area contributed by atoms with Crippen molar-refractivity contribution in [2.45, 2.75) is 6.92 Å². The van der Waals surface area contributed by atoms with Crippen molar-refractivity contribution in [3.05, 3.63) is 74.7 Å². The van der Waals surface area contributed by atoms with Crippen LogP contribution in [0.2, 0.25) is 15.1 Å². The van der Waals surface area contributed by atoms with Crippen LogP contribution in [0.4, 0.5) is 5.69 Å². The van der Waals surface area contributed by atoms with Crippen LogP contribution in [0.1, 0.15) is 15.9 Å². The van der Waals surface area contributed by atoms with Crippen LogP contribution in [0.3, 0.4) is 0 Å². The molecule has 4 rings (SSSR count). The summed E-state index contributed by atoms with van der Waals surface area (Å²) < 4.78 is 11.0. The largest absolute Gasteiger partial charge is 0.494 e. The molecule has 0 bridgehead atoms. The molecule has 152 valence electrons. The average molecular weight is 462 g/mol. The van der Waals surface area contributed by atoms with Crippen molar-refractivity contribution in [2.75, 3.05) is 12.4 Å². The third kappa shape index (κ3) is 3.97. The zero-order valence-corrected chi connectivity index (χ0v) is 18.2. The average Bonchev–Trinajstić information content (AvgIpc) is 3.12. The Bertz CT molecular complexity index is 1260. The molecule has 0 aliphatic carbocycles. The molecule has 0 radical (unpaired) electrons. The van der Waals surface area contributed by atoms with Crippen LogP contribution in [0, 0.1) is 6.92 Å². The van der Waals surface area contributed by atoms with Crippen molar-refractivity contribution in [2.24, 2.45) is 0 Å². The molecule has 0 spiro atoms. The number of hydrogen-bond acceptors (Lipinski definition) is 4. The van der Waals surface area contributed by atoms with Crippen molar-refractivity contribution in [1.29, 1.82) is 0 Å². The third-order valence-corrected chi connectivity index (χ3v) is 5.36. The van der Waals surface area contributed by atoms with E-state index in [1.54, 1.807) is 18.2 Å². The minimum atomic E-state index is -0.423. The topological polar surface area (TPSA) is 64.4 Å². The Morgan fingerprint density at radius 3 is 2.43 bits per heavy atom. The summed E-state index contributed by atoms with van der Waals surface area (Å²) in [6, 6.07) is 13.9. The minimum Gasteiger partial charge on any atom is -0.494 e. The van der Waals surface area contributed by atoms with Crippen molar-refractivity contribution >= 4 is 57.5 Å². The Morgan fingerprint density at radius 1 is 1.00 bits per heavy atom. The van der Waals surface area contributed by atoms with Gasteiger partial charge in [0.15, 0.2) is 11.3 Å². The second kappa shape index (κ2) is 8.19. The summed E-state index contributed by atoms with van der Waals surface area (Å²) in [7, 11) is 1.45. The smallest absolute Gasteiger partial charge is 0.255 e. The van der Waals surface area contributed by atoms with Crippen LogP contribution in [0.25, 0.3) is 22.6 Å². The van der Waals surface area contributed by atoms with E-state index in [2.05, 4.69) is 10.3 Å². The van der Waals surface area contributed by atoms with Gasteiger partial charge in [0.25, 0.3) is 5.91 Å². The lowest BCUT2D eigenvalue weighted by atomic mass is 10.1. The molecule has 1 amide bonds. The van der Waals surface area contributed by atoms with Gasteiger partial charge >= 0.3 is 0 Å². The molecule has 5 nitrogen and oxygen atoms in total. The van der Waals surface area contributed by atoms with Crippen molar-refractivity contribution in [3.63, 3.8) is 0 Å². The number of halogens is 3. The molecule has 0 saturated heterocycles. The number of nitrogens with one attached hydrogen (secondary N) is 1. The molecule has 0 saturated carbocycles. The van der Waals surface area contributed by atoms with E-state index < -0.39 is 5.91 Å². The lowest BCUT2D eigenvalue weighted by molar-refractivity contribution is 0.102. The van der Waals surface area contributed by atoms with Crippen LogP contribution in [0.15, 0.2) is 52.9 Å².